The van der Waals surface area contributed by atoms with Gasteiger partial charge in [0.15, 0.2) is 0 Å². The van der Waals surface area contributed by atoms with Crippen LogP contribution in [0.5, 0.6) is 5.75 Å². The molecule has 0 aliphatic carbocycles. The third-order valence-corrected chi connectivity index (χ3v) is 4.04. The van der Waals surface area contributed by atoms with Gasteiger partial charge in [-0.15, -0.1) is 0 Å². The van der Waals surface area contributed by atoms with E-state index in [4.69, 9.17) is 26.8 Å². The zero-order valence-corrected chi connectivity index (χ0v) is 12.0. The van der Waals surface area contributed by atoms with Crippen LogP contribution >= 0.6 is 11.6 Å². The highest BCUT2D eigenvalue weighted by Crippen LogP contribution is 2.31. The second-order valence-corrected chi connectivity index (χ2v) is 5.50. The van der Waals surface area contributed by atoms with Crippen LogP contribution in [0.4, 0.5) is 0 Å². The van der Waals surface area contributed by atoms with Crippen LogP contribution in [0.1, 0.15) is 12.8 Å². The smallest absolute Gasteiger partial charge is 0.127 e. The molecular formula is C16H18ClNO2. The predicted octanol–water partition coefficient (Wildman–Crippen LogP) is 3.38. The third-order valence-electron chi connectivity index (χ3n) is 3.71. The maximum absolute atomic E-state index is 6.20. The topological polar surface area (TPSA) is 44.5 Å². The van der Waals surface area contributed by atoms with E-state index >= 15 is 0 Å². The Hall–Kier alpha value is -1.29. The van der Waals surface area contributed by atoms with Crippen LogP contribution < -0.4 is 10.5 Å². The Balaban J connectivity index is 1.74. The minimum absolute atomic E-state index is 0.137. The number of halogens is 1. The van der Waals surface area contributed by atoms with Crippen molar-refractivity contribution >= 4 is 22.4 Å². The maximum atomic E-state index is 6.20. The Bertz CT molecular complexity index is 602. The molecule has 1 aliphatic rings. The predicted molar refractivity (Wildman–Crippen MR) is 81.4 cm³/mol. The minimum Gasteiger partial charge on any atom is -0.490 e. The number of hydrogen-bond donors (Lipinski definition) is 1. The van der Waals surface area contributed by atoms with E-state index in [1.54, 1.807) is 0 Å². The number of rotatable bonds is 4. The van der Waals surface area contributed by atoms with Crippen LogP contribution in [0.25, 0.3) is 10.8 Å². The van der Waals surface area contributed by atoms with Gasteiger partial charge in [-0.25, -0.2) is 0 Å². The van der Waals surface area contributed by atoms with Crippen molar-refractivity contribution in [2.75, 3.05) is 13.2 Å². The first kappa shape index (κ1) is 13.7. The van der Waals surface area contributed by atoms with Crippen molar-refractivity contribution in [1.82, 2.24) is 0 Å². The summed E-state index contributed by atoms with van der Waals surface area (Å²) in [6, 6.07) is 11.8. The second kappa shape index (κ2) is 6.00. The van der Waals surface area contributed by atoms with Crippen molar-refractivity contribution in [3.05, 3.63) is 41.4 Å². The van der Waals surface area contributed by atoms with Crippen LogP contribution in [0.2, 0.25) is 5.02 Å². The molecule has 2 unspecified atom stereocenters. The Labute approximate surface area is 123 Å². The van der Waals surface area contributed by atoms with E-state index in [0.717, 1.165) is 34.4 Å². The Morgan fingerprint density at radius 2 is 1.85 bits per heavy atom. The van der Waals surface area contributed by atoms with Crippen LogP contribution in [-0.2, 0) is 4.74 Å². The monoisotopic (exact) mass is 291 g/mol. The summed E-state index contributed by atoms with van der Waals surface area (Å²) in [6.07, 6.45) is 2.35. The van der Waals surface area contributed by atoms with Crippen molar-refractivity contribution in [2.45, 2.75) is 25.0 Å². The van der Waals surface area contributed by atoms with Gasteiger partial charge in [-0.3, -0.25) is 0 Å². The summed E-state index contributed by atoms with van der Waals surface area (Å²) in [4.78, 5) is 0. The number of nitrogens with two attached hydrogens (primary N) is 1. The van der Waals surface area contributed by atoms with Gasteiger partial charge in [0, 0.05) is 22.3 Å². The van der Waals surface area contributed by atoms with Crippen LogP contribution in [0.3, 0.4) is 0 Å². The van der Waals surface area contributed by atoms with Gasteiger partial charge in [0.2, 0.25) is 0 Å². The van der Waals surface area contributed by atoms with E-state index in [1.165, 1.54) is 0 Å². The summed E-state index contributed by atoms with van der Waals surface area (Å²) in [5.74, 6) is 0.852. The molecule has 106 valence electrons. The summed E-state index contributed by atoms with van der Waals surface area (Å²) in [5.41, 5.74) is 5.61. The zero-order valence-electron chi connectivity index (χ0n) is 11.2. The molecule has 2 atom stereocenters. The molecule has 3 rings (SSSR count). The first-order valence-electron chi connectivity index (χ1n) is 6.93. The fourth-order valence-corrected chi connectivity index (χ4v) is 2.85. The molecule has 1 saturated heterocycles. The molecule has 0 bridgehead atoms. The SMILES string of the molecule is NCC1CCC(COc2ccc(Cl)c3ccccc23)O1. The molecule has 0 aromatic heterocycles. The molecule has 2 N–H and O–H groups in total. The van der Waals surface area contributed by atoms with Gasteiger partial charge in [0.05, 0.1) is 12.2 Å². The average Bonchev–Trinajstić information content (AvgIpc) is 2.95. The van der Waals surface area contributed by atoms with Crippen molar-refractivity contribution < 1.29 is 9.47 Å². The number of fused-ring (bicyclic) bond motifs is 1. The van der Waals surface area contributed by atoms with Gasteiger partial charge in [0.25, 0.3) is 0 Å². The molecule has 0 radical (unpaired) electrons. The lowest BCUT2D eigenvalue weighted by molar-refractivity contribution is 0.0225. The van der Waals surface area contributed by atoms with Crippen molar-refractivity contribution in [3.63, 3.8) is 0 Å². The number of benzene rings is 2. The first-order chi connectivity index (χ1) is 9.78. The normalized spacial score (nSPS) is 22.3. The van der Waals surface area contributed by atoms with Crippen molar-refractivity contribution in [3.8, 4) is 5.75 Å². The molecule has 2 aromatic rings. The fraction of sp³-hybridized carbons (Fsp3) is 0.375. The maximum Gasteiger partial charge on any atom is 0.127 e. The largest absolute Gasteiger partial charge is 0.490 e. The molecule has 0 spiro atoms. The van der Waals surface area contributed by atoms with E-state index in [1.807, 2.05) is 36.4 Å². The molecule has 1 fully saturated rings. The van der Waals surface area contributed by atoms with E-state index in [2.05, 4.69) is 0 Å². The summed E-state index contributed by atoms with van der Waals surface area (Å²) in [5, 5.41) is 2.79. The van der Waals surface area contributed by atoms with E-state index in [-0.39, 0.29) is 12.2 Å². The van der Waals surface area contributed by atoms with Crippen LogP contribution in [0, 0.1) is 0 Å². The molecule has 0 saturated carbocycles. The molecule has 0 amide bonds. The summed E-state index contributed by atoms with van der Waals surface area (Å²) < 4.78 is 11.7. The van der Waals surface area contributed by atoms with E-state index in [0.29, 0.717) is 13.2 Å². The van der Waals surface area contributed by atoms with Gasteiger partial charge in [-0.05, 0) is 25.0 Å². The minimum atomic E-state index is 0.137. The number of hydrogen-bond acceptors (Lipinski definition) is 3. The van der Waals surface area contributed by atoms with E-state index in [9.17, 15) is 0 Å². The van der Waals surface area contributed by atoms with Gasteiger partial charge in [-0.2, -0.15) is 0 Å². The quantitative estimate of drug-likeness (QED) is 0.939. The molecule has 1 aliphatic heterocycles. The highest BCUT2D eigenvalue weighted by molar-refractivity contribution is 6.35. The van der Waals surface area contributed by atoms with E-state index < -0.39 is 0 Å². The molecule has 4 heteroatoms. The van der Waals surface area contributed by atoms with Crippen molar-refractivity contribution in [1.29, 1.82) is 0 Å². The lowest BCUT2D eigenvalue weighted by Gasteiger charge is -2.15. The van der Waals surface area contributed by atoms with Gasteiger partial charge in [0.1, 0.15) is 12.4 Å². The Morgan fingerprint density at radius 1 is 1.10 bits per heavy atom. The van der Waals surface area contributed by atoms with Gasteiger partial charge >= 0.3 is 0 Å². The van der Waals surface area contributed by atoms with Crippen LogP contribution in [-0.4, -0.2) is 25.4 Å². The first-order valence-corrected chi connectivity index (χ1v) is 7.31. The third kappa shape index (κ3) is 2.75. The summed E-state index contributed by atoms with van der Waals surface area (Å²) in [6.45, 7) is 1.14. The second-order valence-electron chi connectivity index (χ2n) is 5.10. The van der Waals surface area contributed by atoms with Crippen molar-refractivity contribution in [2.24, 2.45) is 5.73 Å². The molecular weight excluding hydrogens is 274 g/mol. The average molecular weight is 292 g/mol. The molecule has 3 nitrogen and oxygen atoms in total. The van der Waals surface area contributed by atoms with Gasteiger partial charge < -0.3 is 15.2 Å². The Morgan fingerprint density at radius 3 is 2.60 bits per heavy atom. The highest BCUT2D eigenvalue weighted by atomic mass is 35.5. The molecule has 20 heavy (non-hydrogen) atoms. The fourth-order valence-electron chi connectivity index (χ4n) is 2.62. The molecule has 2 aromatic carbocycles. The van der Waals surface area contributed by atoms with Gasteiger partial charge in [-0.1, -0.05) is 35.9 Å². The summed E-state index contributed by atoms with van der Waals surface area (Å²) in [7, 11) is 0. The highest BCUT2D eigenvalue weighted by Gasteiger charge is 2.24. The lowest BCUT2D eigenvalue weighted by atomic mass is 10.1. The zero-order chi connectivity index (χ0) is 13.9. The number of ether oxygens (including phenoxy) is 2. The Kier molecular flexibility index (Phi) is 4.10. The van der Waals surface area contributed by atoms with Crippen LogP contribution in [0.15, 0.2) is 36.4 Å². The standard InChI is InChI=1S/C16H18ClNO2/c17-15-7-8-16(14-4-2-1-3-13(14)15)19-10-12-6-5-11(9-18)20-12/h1-4,7-8,11-12H,5-6,9-10,18H2. The lowest BCUT2D eigenvalue weighted by Crippen LogP contribution is -2.23. The molecule has 1 heterocycles. The summed E-state index contributed by atoms with van der Waals surface area (Å²) >= 11 is 6.20.